The molecule has 0 saturated heterocycles. The molecule has 2 nitrogen and oxygen atoms in total. The Morgan fingerprint density at radius 1 is 1.24 bits per heavy atom. The van der Waals surface area contributed by atoms with Gasteiger partial charge in [-0.15, -0.1) is 11.3 Å². The van der Waals surface area contributed by atoms with Gasteiger partial charge < -0.3 is 4.84 Å². The van der Waals surface area contributed by atoms with Gasteiger partial charge in [-0.25, -0.2) is 0 Å². The summed E-state index contributed by atoms with van der Waals surface area (Å²) in [6, 6.07) is 8.39. The molecule has 0 bridgehead atoms. The van der Waals surface area contributed by atoms with E-state index >= 15 is 0 Å². The summed E-state index contributed by atoms with van der Waals surface area (Å²) >= 11 is 1.75. The van der Waals surface area contributed by atoms with E-state index < -0.39 is 5.60 Å². The molecule has 0 aliphatic rings. The standard InChI is InChI=1S/C14H17NOS/c1-10(2)15-16-14(3,4)12-9-17-13-8-6-5-7-11(12)13/h5-9H,1-4H3. The van der Waals surface area contributed by atoms with Crippen LogP contribution in [0.25, 0.3) is 10.1 Å². The second kappa shape index (κ2) is 4.49. The first kappa shape index (κ1) is 12.1. The van der Waals surface area contributed by atoms with Gasteiger partial charge in [0, 0.05) is 10.3 Å². The van der Waals surface area contributed by atoms with Crippen molar-refractivity contribution in [2.75, 3.05) is 0 Å². The molecule has 0 fully saturated rings. The zero-order valence-corrected chi connectivity index (χ0v) is 11.5. The summed E-state index contributed by atoms with van der Waals surface area (Å²) in [4.78, 5) is 5.64. The van der Waals surface area contributed by atoms with Crippen LogP contribution in [0.3, 0.4) is 0 Å². The van der Waals surface area contributed by atoms with Crippen molar-refractivity contribution in [3.05, 3.63) is 35.2 Å². The molecular formula is C14H17NOS. The van der Waals surface area contributed by atoms with E-state index in [4.69, 9.17) is 4.84 Å². The van der Waals surface area contributed by atoms with E-state index in [9.17, 15) is 0 Å². The Morgan fingerprint density at radius 2 is 1.94 bits per heavy atom. The second-order valence-electron chi connectivity index (χ2n) is 4.79. The highest BCUT2D eigenvalue weighted by molar-refractivity contribution is 7.17. The number of thiophene rings is 1. The first-order valence-corrected chi connectivity index (χ1v) is 6.55. The zero-order valence-electron chi connectivity index (χ0n) is 10.7. The van der Waals surface area contributed by atoms with Crippen LogP contribution in [-0.4, -0.2) is 5.71 Å². The van der Waals surface area contributed by atoms with E-state index in [0.29, 0.717) is 0 Å². The number of benzene rings is 1. The van der Waals surface area contributed by atoms with Crippen LogP contribution in [0.1, 0.15) is 33.3 Å². The third-order valence-corrected chi connectivity index (χ3v) is 3.55. The lowest BCUT2D eigenvalue weighted by atomic mass is 9.98. The summed E-state index contributed by atoms with van der Waals surface area (Å²) in [5, 5.41) is 7.49. The molecule has 0 aliphatic heterocycles. The number of rotatable bonds is 3. The quantitative estimate of drug-likeness (QED) is 0.576. The number of hydrogen-bond donors (Lipinski definition) is 0. The SMILES string of the molecule is CC(C)=NOC(C)(C)c1csc2ccccc12. The monoisotopic (exact) mass is 247 g/mol. The van der Waals surface area contributed by atoms with Gasteiger partial charge >= 0.3 is 0 Å². The Balaban J connectivity index is 2.41. The summed E-state index contributed by atoms with van der Waals surface area (Å²) in [5.74, 6) is 0. The van der Waals surface area contributed by atoms with Crippen molar-refractivity contribution >= 4 is 27.1 Å². The molecule has 0 unspecified atom stereocenters. The lowest BCUT2D eigenvalue weighted by Gasteiger charge is -2.22. The maximum Gasteiger partial charge on any atom is 0.158 e. The molecule has 3 heteroatoms. The van der Waals surface area contributed by atoms with Crippen molar-refractivity contribution in [2.24, 2.45) is 5.16 Å². The summed E-state index contributed by atoms with van der Waals surface area (Å²) in [5.41, 5.74) is 1.73. The third-order valence-electron chi connectivity index (χ3n) is 2.59. The second-order valence-corrected chi connectivity index (χ2v) is 5.70. The van der Waals surface area contributed by atoms with Crippen molar-refractivity contribution in [3.63, 3.8) is 0 Å². The van der Waals surface area contributed by atoms with Gasteiger partial charge in [-0.3, -0.25) is 0 Å². The fraction of sp³-hybridized carbons (Fsp3) is 0.357. The number of oxime groups is 1. The van der Waals surface area contributed by atoms with E-state index in [2.05, 4.69) is 34.8 Å². The van der Waals surface area contributed by atoms with Gasteiger partial charge in [-0.1, -0.05) is 23.4 Å². The van der Waals surface area contributed by atoms with Crippen LogP contribution in [0, 0.1) is 0 Å². The molecule has 0 saturated carbocycles. The van der Waals surface area contributed by atoms with E-state index in [1.165, 1.54) is 15.6 Å². The smallest absolute Gasteiger partial charge is 0.158 e. The number of fused-ring (bicyclic) bond motifs is 1. The van der Waals surface area contributed by atoms with Crippen molar-refractivity contribution in [3.8, 4) is 0 Å². The Kier molecular flexibility index (Phi) is 3.20. The molecule has 1 aromatic carbocycles. The molecule has 0 atom stereocenters. The topological polar surface area (TPSA) is 21.6 Å². The Bertz CT molecular complexity index is 550. The number of hydrogen-bond acceptors (Lipinski definition) is 3. The molecule has 0 amide bonds. The van der Waals surface area contributed by atoms with Crippen molar-refractivity contribution in [1.82, 2.24) is 0 Å². The molecule has 0 spiro atoms. The van der Waals surface area contributed by atoms with E-state index in [1.807, 2.05) is 27.7 Å². The fourth-order valence-electron chi connectivity index (χ4n) is 1.70. The molecule has 2 aromatic rings. The van der Waals surface area contributed by atoms with Crippen LogP contribution in [0.5, 0.6) is 0 Å². The van der Waals surface area contributed by atoms with Gasteiger partial charge in [-0.2, -0.15) is 0 Å². The maximum atomic E-state index is 5.64. The average Bonchev–Trinajstić information content (AvgIpc) is 2.71. The van der Waals surface area contributed by atoms with Gasteiger partial charge in [0.1, 0.15) is 0 Å². The maximum absolute atomic E-state index is 5.64. The van der Waals surface area contributed by atoms with E-state index in [0.717, 1.165) is 5.71 Å². The highest BCUT2D eigenvalue weighted by Gasteiger charge is 2.26. The minimum absolute atomic E-state index is 0.392. The Morgan fingerprint density at radius 3 is 2.65 bits per heavy atom. The lowest BCUT2D eigenvalue weighted by Crippen LogP contribution is -2.18. The molecule has 2 rings (SSSR count). The molecule has 1 aromatic heterocycles. The molecular weight excluding hydrogens is 230 g/mol. The van der Waals surface area contributed by atoms with Crippen LogP contribution < -0.4 is 0 Å². The average molecular weight is 247 g/mol. The summed E-state index contributed by atoms with van der Waals surface area (Å²) in [6.45, 7) is 7.96. The summed E-state index contributed by atoms with van der Waals surface area (Å²) in [6.07, 6.45) is 0. The Labute approximate surface area is 106 Å². The molecule has 0 aliphatic carbocycles. The fourth-order valence-corrected chi connectivity index (χ4v) is 2.82. The predicted octanol–water partition coefficient (Wildman–Crippen LogP) is 4.55. The van der Waals surface area contributed by atoms with Crippen LogP contribution in [0.15, 0.2) is 34.8 Å². The summed E-state index contributed by atoms with van der Waals surface area (Å²) in [7, 11) is 0. The Hall–Kier alpha value is -1.35. The molecule has 17 heavy (non-hydrogen) atoms. The minimum atomic E-state index is -0.392. The van der Waals surface area contributed by atoms with Crippen LogP contribution in [-0.2, 0) is 10.4 Å². The van der Waals surface area contributed by atoms with Gasteiger partial charge in [0.05, 0.1) is 5.71 Å². The normalized spacial score (nSPS) is 11.5. The van der Waals surface area contributed by atoms with E-state index in [-0.39, 0.29) is 0 Å². The first-order chi connectivity index (χ1) is 8.00. The van der Waals surface area contributed by atoms with Crippen molar-refractivity contribution in [1.29, 1.82) is 0 Å². The van der Waals surface area contributed by atoms with Crippen LogP contribution >= 0.6 is 11.3 Å². The van der Waals surface area contributed by atoms with Crippen LogP contribution in [0.2, 0.25) is 0 Å². The lowest BCUT2D eigenvalue weighted by molar-refractivity contribution is -0.0172. The van der Waals surface area contributed by atoms with Gasteiger partial charge in [0.2, 0.25) is 0 Å². The molecule has 0 radical (unpaired) electrons. The van der Waals surface area contributed by atoms with Crippen molar-refractivity contribution < 1.29 is 4.84 Å². The highest BCUT2D eigenvalue weighted by atomic mass is 32.1. The first-order valence-electron chi connectivity index (χ1n) is 5.67. The van der Waals surface area contributed by atoms with Crippen molar-refractivity contribution in [2.45, 2.75) is 33.3 Å². The van der Waals surface area contributed by atoms with Gasteiger partial charge in [0.25, 0.3) is 0 Å². The van der Waals surface area contributed by atoms with E-state index in [1.54, 1.807) is 11.3 Å². The third kappa shape index (κ3) is 2.50. The van der Waals surface area contributed by atoms with Gasteiger partial charge in [0.15, 0.2) is 5.60 Å². The largest absolute Gasteiger partial charge is 0.385 e. The van der Waals surface area contributed by atoms with Gasteiger partial charge in [-0.05, 0) is 44.5 Å². The minimum Gasteiger partial charge on any atom is -0.385 e. The summed E-state index contributed by atoms with van der Waals surface area (Å²) < 4.78 is 1.29. The zero-order chi connectivity index (χ0) is 12.5. The van der Waals surface area contributed by atoms with Crippen LogP contribution in [0.4, 0.5) is 0 Å². The molecule has 90 valence electrons. The predicted molar refractivity (Wildman–Crippen MR) is 74.7 cm³/mol. The number of nitrogens with zero attached hydrogens (tertiary/aromatic N) is 1. The highest BCUT2D eigenvalue weighted by Crippen LogP contribution is 2.35. The molecule has 1 heterocycles. The molecule has 0 N–H and O–H groups in total.